The first kappa shape index (κ1) is 18.1. The predicted molar refractivity (Wildman–Crippen MR) is 79.8 cm³/mol. The third-order valence-electron chi connectivity index (χ3n) is 2.06. The third-order valence-corrected chi connectivity index (χ3v) is 2.81. The van der Waals surface area contributed by atoms with Gasteiger partial charge in [-0.2, -0.15) is 5.26 Å². The average molecular weight is 295 g/mol. The molecule has 6 nitrogen and oxygen atoms in total. The molecule has 2 heterocycles. The topological polar surface area (TPSA) is 98.2 Å². The molecular weight excluding hydrogens is 274 g/mol. The summed E-state index contributed by atoms with van der Waals surface area (Å²) >= 11 is 0. The molecule has 1 atom stereocenters. The minimum atomic E-state index is -0.975. The van der Waals surface area contributed by atoms with E-state index in [1.165, 1.54) is 0 Å². The van der Waals surface area contributed by atoms with Crippen LogP contribution in [0.15, 0.2) is 11.4 Å². The van der Waals surface area contributed by atoms with Crippen LogP contribution in [-0.4, -0.2) is 30.4 Å². The van der Waals surface area contributed by atoms with Crippen molar-refractivity contribution >= 4 is 10.8 Å². The summed E-state index contributed by atoms with van der Waals surface area (Å²) in [6, 6.07) is 1.97. The molecule has 2 aromatic heterocycles. The molecule has 0 fully saturated rings. The van der Waals surface area contributed by atoms with Gasteiger partial charge in [0.1, 0.15) is 11.9 Å². The molecule has 110 valence electrons. The second-order valence-electron chi connectivity index (χ2n) is 3.73. The Morgan fingerprint density at radius 2 is 1.85 bits per heavy atom. The molecule has 0 aliphatic rings. The standard InChI is InChI=1S/C6H7N3.C5H8N2OS.C2H6/c1-4-6(3-7)9-5(2)8-4;1-4-3-6-5(7-4)9(2)8;1-2/h1-2H3,(H,8,9);3H,1-2H3,(H,6,7);1-2H3. The maximum absolute atomic E-state index is 10.7. The number of aromatic amines is 2. The highest BCUT2D eigenvalue weighted by atomic mass is 32.2. The molecule has 1 unspecified atom stereocenters. The van der Waals surface area contributed by atoms with E-state index < -0.39 is 10.8 Å². The van der Waals surface area contributed by atoms with Gasteiger partial charge >= 0.3 is 0 Å². The van der Waals surface area contributed by atoms with Crippen molar-refractivity contribution in [2.45, 2.75) is 39.8 Å². The molecule has 0 aliphatic heterocycles. The van der Waals surface area contributed by atoms with Gasteiger partial charge in [-0.05, 0) is 20.8 Å². The van der Waals surface area contributed by atoms with E-state index >= 15 is 0 Å². The summed E-state index contributed by atoms with van der Waals surface area (Å²) in [5.74, 6) is 0.795. The fourth-order valence-corrected chi connectivity index (χ4v) is 1.76. The van der Waals surface area contributed by atoms with Gasteiger partial charge in [0.05, 0.1) is 10.8 Å². The molecule has 20 heavy (non-hydrogen) atoms. The van der Waals surface area contributed by atoms with Crippen molar-refractivity contribution in [3.05, 3.63) is 29.1 Å². The predicted octanol–water partition coefficient (Wildman–Crippen LogP) is 2.38. The lowest BCUT2D eigenvalue weighted by Crippen LogP contribution is -1.88. The summed E-state index contributed by atoms with van der Waals surface area (Å²) in [6.07, 6.45) is 3.26. The zero-order valence-electron chi connectivity index (χ0n) is 12.7. The Balaban J connectivity index is 0.000000321. The van der Waals surface area contributed by atoms with Crippen LogP contribution in [0.3, 0.4) is 0 Å². The Bertz CT molecular complexity index is 594. The number of nitrogens with one attached hydrogen (secondary N) is 2. The summed E-state index contributed by atoms with van der Waals surface area (Å²) in [6.45, 7) is 9.54. The Hall–Kier alpha value is -1.94. The number of rotatable bonds is 1. The van der Waals surface area contributed by atoms with Crippen LogP contribution in [0, 0.1) is 32.1 Å². The van der Waals surface area contributed by atoms with E-state index in [1.807, 2.05) is 40.7 Å². The average Bonchev–Trinajstić information content (AvgIpc) is 2.98. The lowest BCUT2D eigenvalue weighted by Gasteiger charge is -1.83. The number of aromatic nitrogens is 4. The summed E-state index contributed by atoms with van der Waals surface area (Å²) in [7, 11) is -0.975. The molecule has 2 N–H and O–H groups in total. The molecule has 0 radical (unpaired) electrons. The first-order valence-electron chi connectivity index (χ1n) is 6.22. The van der Waals surface area contributed by atoms with Crippen molar-refractivity contribution in [1.82, 2.24) is 19.9 Å². The van der Waals surface area contributed by atoms with E-state index in [-0.39, 0.29) is 0 Å². The van der Waals surface area contributed by atoms with E-state index in [4.69, 9.17) is 5.26 Å². The normalized spacial score (nSPS) is 10.4. The van der Waals surface area contributed by atoms with Gasteiger partial charge in [0.25, 0.3) is 0 Å². The van der Waals surface area contributed by atoms with Gasteiger partial charge in [-0.15, -0.1) is 0 Å². The SMILES string of the molecule is CC.Cc1cnc(S(C)=O)[nH]1.Cc1nc(C#N)c(C)[nH]1. The second kappa shape index (κ2) is 9.04. The summed E-state index contributed by atoms with van der Waals surface area (Å²) in [4.78, 5) is 13.6. The van der Waals surface area contributed by atoms with E-state index in [0.717, 1.165) is 17.2 Å². The van der Waals surface area contributed by atoms with E-state index in [1.54, 1.807) is 12.5 Å². The van der Waals surface area contributed by atoms with Crippen LogP contribution in [-0.2, 0) is 10.8 Å². The Kier molecular flexibility index (Phi) is 8.16. The second-order valence-corrected chi connectivity index (χ2v) is 5.03. The Labute approximate surface area is 122 Å². The molecule has 2 aromatic rings. The van der Waals surface area contributed by atoms with Gasteiger partial charge in [0.15, 0.2) is 10.9 Å². The number of nitrogens with zero attached hydrogens (tertiary/aromatic N) is 3. The molecule has 0 saturated carbocycles. The van der Waals surface area contributed by atoms with Gasteiger partial charge in [0, 0.05) is 23.8 Å². The number of imidazole rings is 2. The minimum Gasteiger partial charge on any atom is -0.345 e. The first-order chi connectivity index (χ1) is 9.43. The highest BCUT2D eigenvalue weighted by Gasteiger charge is 1.99. The van der Waals surface area contributed by atoms with Crippen molar-refractivity contribution < 1.29 is 4.21 Å². The fraction of sp³-hybridized carbons (Fsp3) is 0.462. The quantitative estimate of drug-likeness (QED) is 0.843. The molecule has 0 saturated heterocycles. The van der Waals surface area contributed by atoms with Crippen molar-refractivity contribution in [3.8, 4) is 6.07 Å². The van der Waals surface area contributed by atoms with E-state index in [0.29, 0.717) is 10.9 Å². The largest absolute Gasteiger partial charge is 0.345 e. The molecule has 0 aromatic carbocycles. The van der Waals surface area contributed by atoms with Crippen LogP contribution in [0.25, 0.3) is 0 Å². The highest BCUT2D eigenvalue weighted by molar-refractivity contribution is 7.84. The van der Waals surface area contributed by atoms with Crippen LogP contribution < -0.4 is 0 Å². The van der Waals surface area contributed by atoms with Crippen LogP contribution in [0.2, 0.25) is 0 Å². The van der Waals surface area contributed by atoms with Crippen LogP contribution >= 0.6 is 0 Å². The molecule has 0 aliphatic carbocycles. The van der Waals surface area contributed by atoms with Crippen molar-refractivity contribution in [3.63, 3.8) is 0 Å². The third kappa shape index (κ3) is 5.80. The molecule has 2 rings (SSSR count). The zero-order chi connectivity index (χ0) is 15.7. The van der Waals surface area contributed by atoms with Crippen LogP contribution in [0.4, 0.5) is 0 Å². The van der Waals surface area contributed by atoms with Gasteiger partial charge in [-0.1, -0.05) is 13.8 Å². The van der Waals surface area contributed by atoms with Gasteiger partial charge in [0.2, 0.25) is 0 Å². The summed E-state index contributed by atoms with van der Waals surface area (Å²) < 4.78 is 10.7. The molecule has 0 bridgehead atoms. The van der Waals surface area contributed by atoms with E-state index in [9.17, 15) is 4.21 Å². The molecule has 0 amide bonds. The number of hydrogen-bond donors (Lipinski definition) is 2. The maximum Gasteiger partial charge on any atom is 0.196 e. The van der Waals surface area contributed by atoms with Gasteiger partial charge in [-0.3, -0.25) is 4.21 Å². The van der Waals surface area contributed by atoms with E-state index in [2.05, 4.69) is 19.9 Å². The number of nitriles is 1. The van der Waals surface area contributed by atoms with Crippen molar-refractivity contribution in [2.24, 2.45) is 0 Å². The molecular formula is C13H21N5OS. The molecule has 7 heteroatoms. The number of hydrogen-bond acceptors (Lipinski definition) is 4. The van der Waals surface area contributed by atoms with Crippen LogP contribution in [0.5, 0.6) is 0 Å². The minimum absolute atomic E-state index is 0.493. The summed E-state index contributed by atoms with van der Waals surface area (Å²) in [5, 5.41) is 8.95. The fourth-order valence-electron chi connectivity index (χ4n) is 1.25. The first-order valence-corrected chi connectivity index (χ1v) is 7.78. The van der Waals surface area contributed by atoms with Crippen molar-refractivity contribution in [2.75, 3.05) is 6.26 Å². The number of H-pyrrole nitrogens is 2. The lowest BCUT2D eigenvalue weighted by molar-refractivity contribution is 0.681. The number of aryl methyl sites for hydroxylation is 3. The lowest BCUT2D eigenvalue weighted by atomic mass is 10.4. The Morgan fingerprint density at radius 1 is 1.25 bits per heavy atom. The maximum atomic E-state index is 10.7. The Morgan fingerprint density at radius 3 is 2.05 bits per heavy atom. The molecule has 0 spiro atoms. The highest BCUT2D eigenvalue weighted by Crippen LogP contribution is 2.00. The van der Waals surface area contributed by atoms with Crippen LogP contribution in [0.1, 0.15) is 36.8 Å². The smallest absolute Gasteiger partial charge is 0.196 e. The monoisotopic (exact) mass is 295 g/mol. The summed E-state index contributed by atoms with van der Waals surface area (Å²) in [5.41, 5.74) is 2.28. The van der Waals surface area contributed by atoms with Crippen molar-refractivity contribution in [1.29, 1.82) is 5.26 Å². The zero-order valence-corrected chi connectivity index (χ0v) is 13.6. The van der Waals surface area contributed by atoms with Gasteiger partial charge < -0.3 is 9.97 Å². The van der Waals surface area contributed by atoms with Gasteiger partial charge in [-0.25, -0.2) is 9.97 Å².